The number of methoxy groups -OCH3 is 1. The summed E-state index contributed by atoms with van der Waals surface area (Å²) >= 11 is 0. The number of anilines is 1. The third kappa shape index (κ3) is 4.27. The van der Waals surface area contributed by atoms with Gasteiger partial charge in [-0.3, -0.25) is 4.99 Å². The summed E-state index contributed by atoms with van der Waals surface area (Å²) in [5.41, 5.74) is 0.906. The SMILES string of the molecule is CCNC(=NCCOC)N1CCN(c2ccccc2O)CC1. The minimum absolute atomic E-state index is 0.344. The van der Waals surface area contributed by atoms with Gasteiger partial charge in [0.25, 0.3) is 0 Å². The first-order valence-electron chi connectivity index (χ1n) is 7.81. The standard InChI is InChI=1S/C16H26N4O2/c1-3-17-16(18-8-13-22-2)20-11-9-19(10-12-20)14-6-4-5-7-15(14)21/h4-7,21H,3,8-13H2,1-2H3,(H,17,18). The number of nitrogens with one attached hydrogen (secondary N) is 1. The summed E-state index contributed by atoms with van der Waals surface area (Å²) in [6.45, 7) is 7.72. The minimum Gasteiger partial charge on any atom is -0.506 e. The molecule has 1 saturated heterocycles. The highest BCUT2D eigenvalue weighted by molar-refractivity contribution is 5.80. The highest BCUT2D eigenvalue weighted by Crippen LogP contribution is 2.27. The van der Waals surface area contributed by atoms with Crippen molar-refractivity contribution in [3.05, 3.63) is 24.3 Å². The van der Waals surface area contributed by atoms with Crippen LogP contribution < -0.4 is 10.2 Å². The van der Waals surface area contributed by atoms with Crippen LogP contribution in [0.4, 0.5) is 5.69 Å². The highest BCUT2D eigenvalue weighted by atomic mass is 16.5. The molecule has 2 N–H and O–H groups in total. The van der Waals surface area contributed by atoms with Gasteiger partial charge >= 0.3 is 0 Å². The van der Waals surface area contributed by atoms with Crippen LogP contribution in [0.3, 0.4) is 0 Å². The molecule has 1 heterocycles. The predicted octanol–water partition coefficient (Wildman–Crippen LogP) is 1.13. The number of hydrogen-bond donors (Lipinski definition) is 2. The molecule has 0 spiro atoms. The van der Waals surface area contributed by atoms with Gasteiger partial charge in [0, 0.05) is 39.8 Å². The van der Waals surface area contributed by atoms with Crippen molar-refractivity contribution in [3.63, 3.8) is 0 Å². The molecule has 0 aliphatic carbocycles. The molecule has 0 unspecified atom stereocenters. The van der Waals surface area contributed by atoms with Gasteiger partial charge in [0.15, 0.2) is 5.96 Å². The summed E-state index contributed by atoms with van der Waals surface area (Å²) < 4.78 is 5.06. The number of para-hydroxylation sites is 2. The lowest BCUT2D eigenvalue weighted by molar-refractivity contribution is 0.207. The molecule has 0 bridgehead atoms. The Morgan fingerprint density at radius 1 is 1.27 bits per heavy atom. The maximum absolute atomic E-state index is 9.96. The molecule has 22 heavy (non-hydrogen) atoms. The van der Waals surface area contributed by atoms with Crippen LogP contribution in [0.1, 0.15) is 6.92 Å². The molecule has 0 atom stereocenters. The lowest BCUT2D eigenvalue weighted by Gasteiger charge is -2.37. The number of guanidine groups is 1. The smallest absolute Gasteiger partial charge is 0.194 e. The van der Waals surface area contributed by atoms with Gasteiger partial charge in [-0.25, -0.2) is 0 Å². The van der Waals surface area contributed by atoms with Crippen LogP contribution >= 0.6 is 0 Å². The Bertz CT molecular complexity index is 485. The van der Waals surface area contributed by atoms with E-state index in [0.717, 1.165) is 44.4 Å². The molecule has 1 aliphatic rings. The molecular formula is C16H26N4O2. The van der Waals surface area contributed by atoms with E-state index in [1.165, 1.54) is 0 Å². The van der Waals surface area contributed by atoms with Gasteiger partial charge in [0.1, 0.15) is 5.75 Å². The second-order valence-electron chi connectivity index (χ2n) is 5.19. The summed E-state index contributed by atoms with van der Waals surface area (Å²) in [6, 6.07) is 7.50. The van der Waals surface area contributed by atoms with Crippen molar-refractivity contribution < 1.29 is 9.84 Å². The Labute approximate surface area is 132 Å². The van der Waals surface area contributed by atoms with E-state index in [2.05, 4.69) is 27.0 Å². The first kappa shape index (κ1) is 16.4. The molecule has 1 aromatic rings. The van der Waals surface area contributed by atoms with Crippen LogP contribution in [0.15, 0.2) is 29.3 Å². The number of ether oxygens (including phenoxy) is 1. The van der Waals surface area contributed by atoms with Gasteiger partial charge < -0.3 is 25.0 Å². The summed E-state index contributed by atoms with van der Waals surface area (Å²) in [7, 11) is 1.69. The van der Waals surface area contributed by atoms with Gasteiger partial charge in [-0.05, 0) is 19.1 Å². The van der Waals surface area contributed by atoms with E-state index >= 15 is 0 Å². The number of phenols is 1. The van der Waals surface area contributed by atoms with Crippen molar-refractivity contribution in [1.82, 2.24) is 10.2 Å². The van der Waals surface area contributed by atoms with Crippen LogP contribution in [0.5, 0.6) is 5.75 Å². The number of aliphatic imine (C=N–C) groups is 1. The van der Waals surface area contributed by atoms with Gasteiger partial charge in [0.05, 0.1) is 18.8 Å². The second-order valence-corrected chi connectivity index (χ2v) is 5.19. The summed E-state index contributed by atoms with van der Waals surface area (Å²) in [5, 5.41) is 13.3. The molecule has 6 nitrogen and oxygen atoms in total. The van der Waals surface area contributed by atoms with Crippen LogP contribution in [0.25, 0.3) is 0 Å². The Hall–Kier alpha value is -1.95. The van der Waals surface area contributed by atoms with Gasteiger partial charge in [-0.2, -0.15) is 0 Å². The fraction of sp³-hybridized carbons (Fsp3) is 0.562. The zero-order chi connectivity index (χ0) is 15.8. The van der Waals surface area contributed by atoms with Crippen LogP contribution in [-0.2, 0) is 4.74 Å². The third-order valence-corrected chi connectivity index (χ3v) is 3.69. The van der Waals surface area contributed by atoms with E-state index in [4.69, 9.17) is 4.74 Å². The summed E-state index contributed by atoms with van der Waals surface area (Å²) in [4.78, 5) is 9.05. The zero-order valence-electron chi connectivity index (χ0n) is 13.5. The molecule has 122 valence electrons. The van der Waals surface area contributed by atoms with Crippen molar-refractivity contribution >= 4 is 11.6 Å². The average Bonchev–Trinajstić information content (AvgIpc) is 2.55. The summed E-state index contributed by atoms with van der Waals surface area (Å²) in [6.07, 6.45) is 0. The predicted molar refractivity (Wildman–Crippen MR) is 89.7 cm³/mol. The zero-order valence-corrected chi connectivity index (χ0v) is 13.5. The number of benzene rings is 1. The lowest BCUT2D eigenvalue weighted by Crippen LogP contribution is -2.52. The monoisotopic (exact) mass is 306 g/mol. The molecule has 0 radical (unpaired) electrons. The molecule has 1 fully saturated rings. The summed E-state index contributed by atoms with van der Waals surface area (Å²) in [5.74, 6) is 1.29. The van der Waals surface area contributed by atoms with Gasteiger partial charge in [-0.1, -0.05) is 12.1 Å². The number of aromatic hydroxyl groups is 1. The first-order chi connectivity index (χ1) is 10.8. The molecule has 2 rings (SSSR count). The Kier molecular flexibility index (Phi) is 6.33. The lowest BCUT2D eigenvalue weighted by atomic mass is 10.2. The Balaban J connectivity index is 1.95. The normalized spacial score (nSPS) is 16.0. The van der Waals surface area contributed by atoms with Crippen molar-refractivity contribution in [2.24, 2.45) is 4.99 Å². The van der Waals surface area contributed by atoms with Crippen molar-refractivity contribution in [1.29, 1.82) is 0 Å². The third-order valence-electron chi connectivity index (χ3n) is 3.69. The maximum atomic E-state index is 9.96. The largest absolute Gasteiger partial charge is 0.506 e. The van der Waals surface area contributed by atoms with Gasteiger partial charge in [0.2, 0.25) is 0 Å². The quantitative estimate of drug-likeness (QED) is 0.485. The molecule has 0 aromatic heterocycles. The Morgan fingerprint density at radius 2 is 2.00 bits per heavy atom. The molecular weight excluding hydrogens is 280 g/mol. The average molecular weight is 306 g/mol. The first-order valence-corrected chi connectivity index (χ1v) is 7.81. The van der Waals surface area contributed by atoms with E-state index < -0.39 is 0 Å². The number of phenolic OH excluding ortho intramolecular Hbond substituents is 1. The van der Waals surface area contributed by atoms with Crippen LogP contribution in [-0.4, -0.2) is 69.0 Å². The molecule has 6 heteroatoms. The molecule has 1 aliphatic heterocycles. The molecule has 0 amide bonds. The highest BCUT2D eigenvalue weighted by Gasteiger charge is 2.21. The van der Waals surface area contributed by atoms with Crippen molar-refractivity contribution in [2.75, 3.05) is 57.9 Å². The fourth-order valence-corrected chi connectivity index (χ4v) is 2.56. The van der Waals surface area contributed by atoms with E-state index in [1.807, 2.05) is 18.2 Å². The van der Waals surface area contributed by atoms with Crippen molar-refractivity contribution in [3.8, 4) is 5.75 Å². The fourth-order valence-electron chi connectivity index (χ4n) is 2.56. The van der Waals surface area contributed by atoms with E-state index in [0.29, 0.717) is 18.9 Å². The molecule has 1 aromatic carbocycles. The van der Waals surface area contributed by atoms with E-state index in [-0.39, 0.29) is 0 Å². The number of piperazine rings is 1. The van der Waals surface area contributed by atoms with E-state index in [9.17, 15) is 5.11 Å². The topological polar surface area (TPSA) is 60.3 Å². The van der Waals surface area contributed by atoms with E-state index in [1.54, 1.807) is 13.2 Å². The number of hydrogen-bond acceptors (Lipinski definition) is 4. The number of rotatable bonds is 5. The maximum Gasteiger partial charge on any atom is 0.194 e. The second kappa shape index (κ2) is 8.48. The Morgan fingerprint density at radius 3 is 2.64 bits per heavy atom. The van der Waals surface area contributed by atoms with Gasteiger partial charge in [-0.15, -0.1) is 0 Å². The van der Waals surface area contributed by atoms with Crippen LogP contribution in [0, 0.1) is 0 Å². The minimum atomic E-state index is 0.344. The van der Waals surface area contributed by atoms with Crippen LogP contribution in [0.2, 0.25) is 0 Å². The molecule has 0 saturated carbocycles. The number of nitrogens with zero attached hydrogens (tertiary/aromatic N) is 3. The van der Waals surface area contributed by atoms with Crippen molar-refractivity contribution in [2.45, 2.75) is 6.92 Å².